The van der Waals surface area contributed by atoms with E-state index in [1.807, 2.05) is 6.07 Å². The van der Waals surface area contributed by atoms with Crippen LogP contribution >= 0.6 is 0 Å². The highest BCUT2D eigenvalue weighted by Gasteiger charge is 2.79. The van der Waals surface area contributed by atoms with Gasteiger partial charge in [-0.2, -0.15) is 0 Å². The quantitative estimate of drug-likeness (QED) is 0.0762. The number of carbonyl (C=O) groups is 7. The van der Waals surface area contributed by atoms with Gasteiger partial charge >= 0.3 is 29.8 Å². The van der Waals surface area contributed by atoms with Gasteiger partial charge < -0.3 is 33.5 Å². The molecule has 0 radical (unpaired) electrons. The first-order valence-corrected chi connectivity index (χ1v) is 21.3. The summed E-state index contributed by atoms with van der Waals surface area (Å²) in [4.78, 5) is 96.6. The number of esters is 5. The van der Waals surface area contributed by atoms with Crippen LogP contribution in [0.1, 0.15) is 99.6 Å². The average molecular weight is 877 g/mol. The van der Waals surface area contributed by atoms with Gasteiger partial charge in [-0.3, -0.25) is 24.0 Å². The van der Waals surface area contributed by atoms with Crippen molar-refractivity contribution in [2.24, 2.45) is 16.7 Å². The molecule has 14 nitrogen and oxygen atoms in total. The number of ketones is 2. The summed E-state index contributed by atoms with van der Waals surface area (Å²) in [6.45, 7) is 9.90. The normalized spacial score (nSPS) is 30.3. The monoisotopic (exact) mass is 876 g/mol. The molecule has 9 atom stereocenters. The number of rotatable bonds is 11. The van der Waals surface area contributed by atoms with E-state index in [9.17, 15) is 33.9 Å². The van der Waals surface area contributed by atoms with Crippen LogP contribution in [0.5, 0.6) is 0 Å². The van der Waals surface area contributed by atoms with Gasteiger partial charge in [-0.05, 0) is 48.8 Å². The van der Waals surface area contributed by atoms with E-state index in [4.69, 9.17) is 28.4 Å². The highest BCUT2D eigenvalue weighted by atomic mass is 16.6. The molecule has 3 aromatic rings. The molecule has 64 heavy (non-hydrogen) atoms. The van der Waals surface area contributed by atoms with Crippen molar-refractivity contribution in [3.05, 3.63) is 124 Å². The van der Waals surface area contributed by atoms with Crippen LogP contribution < -0.4 is 0 Å². The third kappa shape index (κ3) is 7.87. The Balaban J connectivity index is 1.38. The predicted octanol–water partition coefficient (Wildman–Crippen LogP) is 6.11. The highest BCUT2D eigenvalue weighted by molar-refractivity contribution is 6.09. The summed E-state index contributed by atoms with van der Waals surface area (Å²) in [5.74, 6) is -6.57. The van der Waals surface area contributed by atoms with Gasteiger partial charge in [-0.25, -0.2) is 9.59 Å². The summed E-state index contributed by atoms with van der Waals surface area (Å²) >= 11 is 0. The summed E-state index contributed by atoms with van der Waals surface area (Å²) < 4.78 is 36.8. The van der Waals surface area contributed by atoms with Gasteiger partial charge in [-0.1, -0.05) is 93.6 Å². The molecule has 0 unspecified atom stereocenters. The number of hydrogen-bond acceptors (Lipinski definition) is 14. The Labute approximate surface area is 370 Å². The van der Waals surface area contributed by atoms with Crippen LogP contribution in [0.2, 0.25) is 0 Å². The van der Waals surface area contributed by atoms with Crippen LogP contribution in [0.3, 0.4) is 0 Å². The van der Waals surface area contributed by atoms with Crippen molar-refractivity contribution in [3.63, 3.8) is 0 Å². The molecular formula is C50H52O14. The second-order valence-corrected chi connectivity index (χ2v) is 17.6. The molecule has 0 spiro atoms. The Bertz CT molecular complexity index is 2420. The third-order valence-corrected chi connectivity index (χ3v) is 13.6. The molecule has 1 heterocycles. The fourth-order valence-electron chi connectivity index (χ4n) is 10.3. The van der Waals surface area contributed by atoms with Crippen molar-refractivity contribution >= 4 is 47.5 Å². The minimum atomic E-state index is -2.27. The van der Waals surface area contributed by atoms with E-state index >= 15 is 4.79 Å². The van der Waals surface area contributed by atoms with Crippen LogP contribution in [0, 0.1) is 16.7 Å². The zero-order valence-corrected chi connectivity index (χ0v) is 36.8. The first-order chi connectivity index (χ1) is 30.3. The van der Waals surface area contributed by atoms with Gasteiger partial charge in [0.25, 0.3) is 0 Å². The van der Waals surface area contributed by atoms with Crippen molar-refractivity contribution < 1.29 is 67.1 Å². The number of hydrogen-bond donors (Lipinski definition) is 1. The summed E-state index contributed by atoms with van der Waals surface area (Å²) in [5, 5.41) is 13.6. The first-order valence-electron chi connectivity index (χ1n) is 21.3. The SMILES string of the molecule is CCC(=O)O[C@H]1C(=O)[C@]2(C)[C@@H](OC(=O)/C=C/c3ccc(C(=O)c4ccccc4)cc3)C[C@H]3OC[C@@]3(OC(C)=O)[C@H]2[C@H](OC(=O)c2ccccc2)[C@]2(O)C[C@H](OC(C)=O)C(C)=C1C2(C)C. The number of carbonyl (C=O) groups excluding carboxylic acids is 7. The number of fused-ring (bicyclic) bond motifs is 5. The Morgan fingerprint density at radius 1 is 0.797 bits per heavy atom. The minimum Gasteiger partial charge on any atom is -0.458 e. The number of benzene rings is 3. The van der Waals surface area contributed by atoms with Crippen LogP contribution in [0.15, 0.2) is 102 Å². The molecule has 3 fully saturated rings. The topological polar surface area (TPSA) is 195 Å². The molecular weight excluding hydrogens is 825 g/mol. The van der Waals surface area contributed by atoms with E-state index in [2.05, 4.69) is 0 Å². The predicted molar refractivity (Wildman–Crippen MR) is 228 cm³/mol. The third-order valence-electron chi connectivity index (χ3n) is 13.6. The Morgan fingerprint density at radius 2 is 1.41 bits per heavy atom. The first kappa shape index (κ1) is 45.8. The van der Waals surface area contributed by atoms with Crippen LogP contribution in [-0.4, -0.2) is 94.8 Å². The molecule has 2 bridgehead atoms. The zero-order valence-electron chi connectivity index (χ0n) is 36.8. The van der Waals surface area contributed by atoms with Crippen molar-refractivity contribution in [1.82, 2.24) is 0 Å². The summed E-state index contributed by atoms with van der Waals surface area (Å²) in [7, 11) is 0. The van der Waals surface area contributed by atoms with Crippen molar-refractivity contribution in [1.29, 1.82) is 0 Å². The Kier molecular flexibility index (Phi) is 12.4. The second kappa shape index (κ2) is 17.4. The molecule has 1 N–H and O–H groups in total. The lowest BCUT2D eigenvalue weighted by atomic mass is 9.44. The molecule has 2 saturated carbocycles. The van der Waals surface area contributed by atoms with E-state index in [0.29, 0.717) is 22.3 Å². The van der Waals surface area contributed by atoms with Crippen molar-refractivity contribution in [2.75, 3.05) is 6.61 Å². The van der Waals surface area contributed by atoms with Crippen LogP contribution in [0.25, 0.3) is 6.08 Å². The fourth-order valence-corrected chi connectivity index (χ4v) is 10.3. The van der Waals surface area contributed by atoms with E-state index in [1.54, 1.807) is 94.4 Å². The number of ether oxygens (including phenoxy) is 6. The Morgan fingerprint density at radius 3 is 1.97 bits per heavy atom. The summed E-state index contributed by atoms with van der Waals surface area (Å²) in [5.41, 5.74) is -5.67. The smallest absolute Gasteiger partial charge is 0.338 e. The van der Waals surface area contributed by atoms with Gasteiger partial charge in [0.1, 0.15) is 30.0 Å². The molecule has 0 aromatic heterocycles. The maximum atomic E-state index is 16.0. The molecule has 3 aromatic carbocycles. The maximum absolute atomic E-state index is 16.0. The van der Waals surface area contributed by atoms with Gasteiger partial charge in [0.05, 0.1) is 23.5 Å². The zero-order chi connectivity index (χ0) is 46.4. The lowest BCUT2D eigenvalue weighted by molar-refractivity contribution is -0.346. The molecule has 1 aliphatic heterocycles. The lowest BCUT2D eigenvalue weighted by Gasteiger charge is -2.67. The molecule has 336 valence electrons. The molecule has 4 aliphatic rings. The van der Waals surface area contributed by atoms with E-state index in [0.717, 1.165) is 6.08 Å². The Hall–Kier alpha value is -6.25. The van der Waals surface area contributed by atoms with Gasteiger partial charge in [0, 0.05) is 55.7 Å². The van der Waals surface area contributed by atoms with E-state index < -0.39 is 94.1 Å². The summed E-state index contributed by atoms with van der Waals surface area (Å²) in [6, 6.07) is 23.3. The van der Waals surface area contributed by atoms with Gasteiger partial charge in [0.2, 0.25) is 0 Å². The van der Waals surface area contributed by atoms with Crippen LogP contribution in [0.4, 0.5) is 0 Å². The van der Waals surface area contributed by atoms with Gasteiger partial charge in [-0.15, -0.1) is 0 Å². The molecule has 1 saturated heterocycles. The highest BCUT2D eigenvalue weighted by Crippen LogP contribution is 2.65. The van der Waals surface area contributed by atoms with Crippen molar-refractivity contribution in [2.45, 2.75) is 109 Å². The minimum absolute atomic E-state index is 0.0948. The van der Waals surface area contributed by atoms with Crippen molar-refractivity contribution in [3.8, 4) is 0 Å². The molecule has 14 heteroatoms. The lowest BCUT2D eigenvalue weighted by Crippen LogP contribution is -2.82. The standard InChI is InChI=1S/C50H52O14/c1-8-38(53)62-42-40-28(2)35(60-29(3)51)26-50(58,47(40,5)6)45(63-46(57)34-17-13-10-14-18-34)43-48(7,44(42)56)36(25-37-49(43,27-59-37)64-30(4)52)61-39(54)24-21-31-19-22-33(23-20-31)41(55)32-15-11-9-12-16-32/h9-24,35-37,42-43,45,58H,8,25-27H2,1-7H3/b24-21+/t35-,36-,37+,42+,43-,45-,48+,49-,50+/m0/s1. The van der Waals surface area contributed by atoms with E-state index in [-0.39, 0.29) is 42.8 Å². The van der Waals surface area contributed by atoms with Crippen LogP contribution in [-0.2, 0) is 52.4 Å². The molecule has 0 amide bonds. The fraction of sp³-hybridized carbons (Fsp3) is 0.420. The second-order valence-electron chi connectivity index (χ2n) is 17.6. The largest absolute Gasteiger partial charge is 0.458 e. The molecule has 7 rings (SSSR count). The van der Waals surface area contributed by atoms with Gasteiger partial charge in [0.15, 0.2) is 23.3 Å². The number of Topliss-reactive ketones (excluding diaryl/α,β-unsaturated/α-hetero) is 1. The summed E-state index contributed by atoms with van der Waals surface area (Å²) in [6.07, 6.45) is -5.31. The molecule has 3 aliphatic carbocycles. The average Bonchev–Trinajstić information content (AvgIpc) is 3.26. The maximum Gasteiger partial charge on any atom is 0.338 e. The van der Waals surface area contributed by atoms with E-state index in [1.165, 1.54) is 39.0 Å². The number of aliphatic hydroxyl groups is 1.